The first-order valence-electron chi connectivity index (χ1n) is 4.85. The predicted octanol–water partition coefficient (Wildman–Crippen LogP) is 2.83. The number of nitrogens with one attached hydrogen (secondary N) is 1. The number of allylic oxidation sites excluding steroid dienone is 1. The lowest BCUT2D eigenvalue weighted by molar-refractivity contribution is 0.729. The summed E-state index contributed by atoms with van der Waals surface area (Å²) in [6.45, 7) is 3.38. The molecular formula is C10H19N. The van der Waals surface area contributed by atoms with E-state index in [1.807, 2.05) is 0 Å². The average Bonchev–Trinajstić information content (AvgIpc) is 2.50. The van der Waals surface area contributed by atoms with Crippen molar-refractivity contribution >= 4 is 0 Å². The van der Waals surface area contributed by atoms with Crippen molar-refractivity contribution in [3.63, 3.8) is 0 Å². The third kappa shape index (κ3) is 3.45. The maximum absolute atomic E-state index is 3.37. The fraction of sp³-hybridized carbons (Fsp3) is 0.800. The smallest absolute Gasteiger partial charge is 0.0141 e. The third-order valence-corrected chi connectivity index (χ3v) is 2.23. The Morgan fingerprint density at radius 3 is 2.73 bits per heavy atom. The number of unbranched alkanes of at least 4 members (excludes halogenated alkanes) is 1. The molecule has 0 radical (unpaired) electrons. The number of hydrogen-bond donors (Lipinski definition) is 1. The van der Waals surface area contributed by atoms with Crippen LogP contribution < -0.4 is 5.32 Å². The van der Waals surface area contributed by atoms with Gasteiger partial charge >= 0.3 is 0 Å². The molecule has 1 saturated carbocycles. The molecule has 11 heavy (non-hydrogen) atoms. The fourth-order valence-electron chi connectivity index (χ4n) is 1.47. The maximum Gasteiger partial charge on any atom is 0.0141 e. The Morgan fingerprint density at radius 2 is 2.09 bits per heavy atom. The van der Waals surface area contributed by atoms with Gasteiger partial charge in [-0.25, -0.2) is 0 Å². The monoisotopic (exact) mass is 153 g/mol. The molecule has 0 saturated heterocycles. The van der Waals surface area contributed by atoms with Crippen LogP contribution in [0.1, 0.15) is 45.4 Å². The van der Waals surface area contributed by atoms with Gasteiger partial charge in [-0.15, -0.1) is 0 Å². The molecule has 0 bridgehead atoms. The topological polar surface area (TPSA) is 12.0 Å². The summed E-state index contributed by atoms with van der Waals surface area (Å²) in [6.07, 6.45) is 10.3. The van der Waals surface area contributed by atoms with Crippen molar-refractivity contribution in [3.8, 4) is 0 Å². The second-order valence-electron chi connectivity index (χ2n) is 3.32. The van der Waals surface area contributed by atoms with Gasteiger partial charge in [-0.2, -0.15) is 0 Å². The normalized spacial score (nSPS) is 17.0. The molecule has 0 aromatic carbocycles. The van der Waals surface area contributed by atoms with E-state index in [4.69, 9.17) is 0 Å². The Morgan fingerprint density at radius 1 is 1.36 bits per heavy atom. The van der Waals surface area contributed by atoms with Crippen LogP contribution in [-0.4, -0.2) is 6.54 Å². The predicted molar refractivity (Wildman–Crippen MR) is 49.5 cm³/mol. The van der Waals surface area contributed by atoms with Gasteiger partial charge in [0.05, 0.1) is 0 Å². The van der Waals surface area contributed by atoms with E-state index in [1.165, 1.54) is 38.5 Å². The van der Waals surface area contributed by atoms with Crippen molar-refractivity contribution in [2.24, 2.45) is 0 Å². The van der Waals surface area contributed by atoms with Crippen molar-refractivity contribution in [2.45, 2.75) is 45.4 Å². The largest absolute Gasteiger partial charge is 0.391 e. The standard InChI is InChI=1S/C10H19N/c1-2-3-8-11-9-10-6-4-5-7-10/h9,11H,2-8H2,1H3. The minimum Gasteiger partial charge on any atom is -0.391 e. The molecule has 0 atom stereocenters. The first-order chi connectivity index (χ1) is 5.43. The highest BCUT2D eigenvalue weighted by Crippen LogP contribution is 2.22. The van der Waals surface area contributed by atoms with Crippen LogP contribution in [0.5, 0.6) is 0 Å². The lowest BCUT2D eigenvalue weighted by Crippen LogP contribution is -2.06. The molecule has 0 amide bonds. The molecule has 0 spiro atoms. The van der Waals surface area contributed by atoms with E-state index < -0.39 is 0 Å². The van der Waals surface area contributed by atoms with Gasteiger partial charge in [0.15, 0.2) is 0 Å². The molecule has 1 fully saturated rings. The molecule has 1 aliphatic rings. The minimum atomic E-state index is 1.15. The quantitative estimate of drug-likeness (QED) is 0.612. The van der Waals surface area contributed by atoms with Crippen LogP contribution in [0.15, 0.2) is 11.8 Å². The van der Waals surface area contributed by atoms with E-state index in [0.717, 1.165) is 6.54 Å². The highest BCUT2D eigenvalue weighted by molar-refractivity contribution is 5.04. The Kier molecular flexibility index (Phi) is 4.10. The third-order valence-electron chi connectivity index (χ3n) is 2.23. The zero-order valence-corrected chi connectivity index (χ0v) is 7.53. The van der Waals surface area contributed by atoms with E-state index in [2.05, 4.69) is 18.4 Å². The summed E-state index contributed by atoms with van der Waals surface area (Å²) in [6, 6.07) is 0. The van der Waals surface area contributed by atoms with Crippen LogP contribution in [-0.2, 0) is 0 Å². The van der Waals surface area contributed by atoms with Crippen molar-refractivity contribution in [1.29, 1.82) is 0 Å². The summed E-state index contributed by atoms with van der Waals surface area (Å²) in [4.78, 5) is 0. The molecule has 0 aromatic rings. The van der Waals surface area contributed by atoms with E-state index in [0.29, 0.717) is 0 Å². The van der Waals surface area contributed by atoms with Crippen molar-refractivity contribution < 1.29 is 0 Å². The van der Waals surface area contributed by atoms with Gasteiger partial charge in [-0.3, -0.25) is 0 Å². The van der Waals surface area contributed by atoms with Gasteiger partial charge in [0.25, 0.3) is 0 Å². The lowest BCUT2D eigenvalue weighted by Gasteiger charge is -1.99. The van der Waals surface area contributed by atoms with Gasteiger partial charge in [0.2, 0.25) is 0 Å². The van der Waals surface area contributed by atoms with Gasteiger partial charge in [-0.1, -0.05) is 18.9 Å². The molecule has 1 N–H and O–H groups in total. The summed E-state index contributed by atoms with van der Waals surface area (Å²) < 4.78 is 0. The van der Waals surface area contributed by atoms with Crippen molar-refractivity contribution in [1.82, 2.24) is 5.32 Å². The molecule has 64 valence electrons. The second-order valence-corrected chi connectivity index (χ2v) is 3.32. The van der Waals surface area contributed by atoms with Gasteiger partial charge in [0.1, 0.15) is 0 Å². The van der Waals surface area contributed by atoms with Gasteiger partial charge in [0, 0.05) is 6.54 Å². The lowest BCUT2D eigenvalue weighted by atomic mass is 10.2. The van der Waals surface area contributed by atoms with Crippen molar-refractivity contribution in [2.75, 3.05) is 6.54 Å². The highest BCUT2D eigenvalue weighted by Gasteiger charge is 2.04. The van der Waals surface area contributed by atoms with Crippen LogP contribution in [0.4, 0.5) is 0 Å². The highest BCUT2D eigenvalue weighted by atomic mass is 14.8. The zero-order valence-electron chi connectivity index (χ0n) is 7.53. The molecule has 1 heteroatoms. The summed E-state index contributed by atoms with van der Waals surface area (Å²) in [5, 5.41) is 3.37. The Balaban J connectivity index is 2.03. The Hall–Kier alpha value is -0.460. The average molecular weight is 153 g/mol. The van der Waals surface area contributed by atoms with E-state index in [1.54, 1.807) is 5.57 Å². The fourth-order valence-corrected chi connectivity index (χ4v) is 1.47. The molecule has 0 heterocycles. The summed E-state index contributed by atoms with van der Waals surface area (Å²) >= 11 is 0. The maximum atomic E-state index is 3.37. The number of rotatable bonds is 4. The summed E-state index contributed by atoms with van der Waals surface area (Å²) in [7, 11) is 0. The SMILES string of the molecule is CCCCNC=C1CCCC1. The molecular weight excluding hydrogens is 134 g/mol. The molecule has 0 aliphatic heterocycles. The first-order valence-corrected chi connectivity index (χ1v) is 4.85. The first kappa shape index (κ1) is 8.63. The van der Waals surface area contributed by atoms with E-state index in [9.17, 15) is 0 Å². The summed E-state index contributed by atoms with van der Waals surface area (Å²) in [5.74, 6) is 0. The number of hydrogen-bond acceptors (Lipinski definition) is 1. The van der Waals surface area contributed by atoms with Gasteiger partial charge < -0.3 is 5.32 Å². The van der Waals surface area contributed by atoms with Crippen LogP contribution >= 0.6 is 0 Å². The Bertz CT molecular complexity index is 119. The molecule has 1 rings (SSSR count). The van der Waals surface area contributed by atoms with Crippen LogP contribution in [0.3, 0.4) is 0 Å². The van der Waals surface area contributed by atoms with Gasteiger partial charge in [-0.05, 0) is 38.3 Å². The van der Waals surface area contributed by atoms with Crippen molar-refractivity contribution in [3.05, 3.63) is 11.8 Å². The molecule has 0 aromatic heterocycles. The van der Waals surface area contributed by atoms with E-state index >= 15 is 0 Å². The molecule has 1 nitrogen and oxygen atoms in total. The summed E-state index contributed by atoms with van der Waals surface area (Å²) in [5.41, 5.74) is 1.63. The van der Waals surface area contributed by atoms with Crippen LogP contribution in [0.25, 0.3) is 0 Å². The van der Waals surface area contributed by atoms with E-state index in [-0.39, 0.29) is 0 Å². The minimum absolute atomic E-state index is 1.15. The second kappa shape index (κ2) is 5.22. The van der Waals surface area contributed by atoms with Crippen LogP contribution in [0, 0.1) is 0 Å². The Labute approximate surface area is 69.9 Å². The zero-order chi connectivity index (χ0) is 7.94. The molecule has 1 aliphatic carbocycles. The van der Waals surface area contributed by atoms with Crippen LogP contribution in [0.2, 0.25) is 0 Å². The molecule has 0 unspecified atom stereocenters.